The number of hydrogen-bond acceptors (Lipinski definition) is 2. The van der Waals surface area contributed by atoms with Crippen LogP contribution in [-0.2, 0) is 0 Å². The van der Waals surface area contributed by atoms with Gasteiger partial charge in [0.2, 0.25) is 0 Å². The van der Waals surface area contributed by atoms with Crippen LogP contribution in [0.5, 0.6) is 0 Å². The van der Waals surface area contributed by atoms with E-state index >= 15 is 0 Å². The van der Waals surface area contributed by atoms with Crippen molar-refractivity contribution < 1.29 is 0 Å². The van der Waals surface area contributed by atoms with E-state index in [2.05, 4.69) is 17.9 Å². The third-order valence-electron chi connectivity index (χ3n) is 3.12. The topological polar surface area (TPSA) is 29.3 Å². The Morgan fingerprint density at radius 1 is 1.53 bits per heavy atom. The van der Waals surface area contributed by atoms with Crippen LogP contribution in [0.15, 0.2) is 18.2 Å². The second-order valence-electron chi connectivity index (χ2n) is 4.24. The third-order valence-corrected chi connectivity index (χ3v) is 3.43. The van der Waals surface area contributed by atoms with Gasteiger partial charge in [-0.2, -0.15) is 0 Å². The van der Waals surface area contributed by atoms with Gasteiger partial charge < -0.3 is 10.6 Å². The van der Waals surface area contributed by atoms with E-state index in [4.69, 9.17) is 17.3 Å². The second-order valence-corrected chi connectivity index (χ2v) is 4.65. The highest BCUT2D eigenvalue weighted by Gasteiger charge is 2.23. The summed E-state index contributed by atoms with van der Waals surface area (Å²) < 4.78 is 0. The van der Waals surface area contributed by atoms with Crippen molar-refractivity contribution in [1.29, 1.82) is 0 Å². The van der Waals surface area contributed by atoms with E-state index in [0.29, 0.717) is 5.92 Å². The minimum absolute atomic E-state index is 0.626. The Bertz CT molecular complexity index is 331. The van der Waals surface area contributed by atoms with Crippen LogP contribution >= 0.6 is 11.6 Å². The minimum atomic E-state index is 0.626. The van der Waals surface area contributed by atoms with E-state index in [9.17, 15) is 0 Å². The maximum Gasteiger partial charge on any atom is 0.0642 e. The van der Waals surface area contributed by atoms with Gasteiger partial charge in [0, 0.05) is 13.1 Å². The Morgan fingerprint density at radius 2 is 2.33 bits per heavy atom. The lowest BCUT2D eigenvalue weighted by molar-refractivity contribution is 0.602. The van der Waals surface area contributed by atoms with Crippen molar-refractivity contribution in [2.75, 3.05) is 24.5 Å². The number of hydrogen-bond donors (Lipinski definition) is 1. The van der Waals surface area contributed by atoms with Gasteiger partial charge in [0.25, 0.3) is 0 Å². The molecular formula is C12H17ClN2. The molecule has 0 bridgehead atoms. The van der Waals surface area contributed by atoms with Gasteiger partial charge in [0.1, 0.15) is 0 Å². The summed E-state index contributed by atoms with van der Waals surface area (Å²) in [6, 6.07) is 6.06. The largest absolute Gasteiger partial charge is 0.370 e. The summed E-state index contributed by atoms with van der Waals surface area (Å²) in [5, 5.41) is 0.854. The van der Waals surface area contributed by atoms with Crippen molar-refractivity contribution in [3.8, 4) is 0 Å². The summed E-state index contributed by atoms with van der Waals surface area (Å²) in [6.07, 6.45) is 1.18. The molecule has 2 rings (SSSR count). The van der Waals surface area contributed by atoms with Crippen LogP contribution in [0.25, 0.3) is 0 Å². The zero-order chi connectivity index (χ0) is 10.8. The molecule has 0 saturated carbocycles. The fourth-order valence-electron chi connectivity index (χ4n) is 2.25. The van der Waals surface area contributed by atoms with Crippen molar-refractivity contribution >= 4 is 17.3 Å². The molecule has 2 N–H and O–H groups in total. The van der Waals surface area contributed by atoms with Crippen LogP contribution in [0.3, 0.4) is 0 Å². The summed E-state index contributed by atoms with van der Waals surface area (Å²) in [5.74, 6) is 0.626. The van der Waals surface area contributed by atoms with Crippen molar-refractivity contribution in [3.05, 3.63) is 28.8 Å². The third kappa shape index (κ3) is 2.11. The molecule has 1 aliphatic rings. The van der Waals surface area contributed by atoms with Crippen LogP contribution in [-0.4, -0.2) is 19.6 Å². The summed E-state index contributed by atoms with van der Waals surface area (Å²) >= 11 is 6.23. The van der Waals surface area contributed by atoms with E-state index in [1.54, 1.807) is 0 Å². The molecule has 2 nitrogen and oxygen atoms in total. The molecule has 3 heteroatoms. The van der Waals surface area contributed by atoms with E-state index in [1.807, 2.05) is 12.1 Å². The highest BCUT2D eigenvalue weighted by Crippen LogP contribution is 2.32. The molecule has 0 amide bonds. The maximum atomic E-state index is 6.23. The lowest BCUT2D eigenvalue weighted by Gasteiger charge is -2.22. The monoisotopic (exact) mass is 224 g/mol. The Balaban J connectivity index is 2.23. The number of aryl methyl sites for hydroxylation is 1. The Labute approximate surface area is 96.0 Å². The number of para-hydroxylation sites is 1. The SMILES string of the molecule is Cc1cccc(Cl)c1N1CCC(CN)C1. The number of nitrogens with two attached hydrogens (primary N) is 1. The number of benzene rings is 1. The molecule has 0 spiro atoms. The molecule has 15 heavy (non-hydrogen) atoms. The molecule has 1 aromatic rings. The highest BCUT2D eigenvalue weighted by molar-refractivity contribution is 6.33. The van der Waals surface area contributed by atoms with Gasteiger partial charge >= 0.3 is 0 Å². The summed E-state index contributed by atoms with van der Waals surface area (Å²) in [5.41, 5.74) is 8.13. The molecule has 0 aromatic heterocycles. The zero-order valence-corrected chi connectivity index (χ0v) is 9.80. The quantitative estimate of drug-likeness (QED) is 0.836. The van der Waals surface area contributed by atoms with Gasteiger partial charge in [0.15, 0.2) is 0 Å². The summed E-state index contributed by atoms with van der Waals surface area (Å²) in [6.45, 7) is 5.00. The molecule has 1 aromatic carbocycles. The molecule has 1 unspecified atom stereocenters. The highest BCUT2D eigenvalue weighted by atomic mass is 35.5. The van der Waals surface area contributed by atoms with Gasteiger partial charge in [-0.25, -0.2) is 0 Å². The van der Waals surface area contributed by atoms with Crippen molar-refractivity contribution in [2.45, 2.75) is 13.3 Å². The van der Waals surface area contributed by atoms with Gasteiger partial charge in [-0.05, 0) is 37.4 Å². The fourth-order valence-corrected chi connectivity index (χ4v) is 2.59. The van der Waals surface area contributed by atoms with Crippen LogP contribution < -0.4 is 10.6 Å². The number of nitrogens with zero attached hydrogens (tertiary/aromatic N) is 1. The molecule has 1 aliphatic heterocycles. The van der Waals surface area contributed by atoms with Gasteiger partial charge in [-0.1, -0.05) is 23.7 Å². The number of anilines is 1. The van der Waals surface area contributed by atoms with Crippen LogP contribution in [0.4, 0.5) is 5.69 Å². The van der Waals surface area contributed by atoms with E-state index in [-0.39, 0.29) is 0 Å². The second kappa shape index (κ2) is 4.42. The standard InChI is InChI=1S/C12H17ClN2/c1-9-3-2-4-11(13)12(9)15-6-5-10(7-14)8-15/h2-4,10H,5-8,14H2,1H3. The van der Waals surface area contributed by atoms with Gasteiger partial charge in [0.05, 0.1) is 10.7 Å². The van der Waals surface area contributed by atoms with Crippen LogP contribution in [0.1, 0.15) is 12.0 Å². The molecule has 1 atom stereocenters. The Kier molecular flexibility index (Phi) is 3.17. The average molecular weight is 225 g/mol. The molecule has 0 aliphatic carbocycles. The smallest absolute Gasteiger partial charge is 0.0642 e. The minimum Gasteiger partial charge on any atom is -0.370 e. The molecule has 1 heterocycles. The molecule has 1 fully saturated rings. The normalized spacial score (nSPS) is 21.0. The first-order valence-electron chi connectivity index (χ1n) is 5.42. The lowest BCUT2D eigenvalue weighted by Crippen LogP contribution is -2.23. The lowest BCUT2D eigenvalue weighted by atomic mass is 10.1. The number of halogens is 1. The molecule has 82 valence electrons. The van der Waals surface area contributed by atoms with Crippen molar-refractivity contribution in [2.24, 2.45) is 11.7 Å². The van der Waals surface area contributed by atoms with Crippen molar-refractivity contribution in [3.63, 3.8) is 0 Å². The maximum absolute atomic E-state index is 6.23. The molecule has 1 saturated heterocycles. The zero-order valence-electron chi connectivity index (χ0n) is 9.04. The number of rotatable bonds is 2. The van der Waals surface area contributed by atoms with Gasteiger partial charge in [-0.15, -0.1) is 0 Å². The van der Waals surface area contributed by atoms with Gasteiger partial charge in [-0.3, -0.25) is 0 Å². The first-order valence-corrected chi connectivity index (χ1v) is 5.80. The summed E-state index contributed by atoms with van der Waals surface area (Å²) in [4.78, 5) is 2.36. The average Bonchev–Trinajstić information content (AvgIpc) is 2.66. The predicted molar refractivity (Wildman–Crippen MR) is 65.6 cm³/mol. The summed E-state index contributed by atoms with van der Waals surface area (Å²) in [7, 11) is 0. The Hall–Kier alpha value is -0.730. The first kappa shape index (κ1) is 10.8. The fraction of sp³-hybridized carbons (Fsp3) is 0.500. The van der Waals surface area contributed by atoms with E-state index in [1.165, 1.54) is 17.7 Å². The van der Waals surface area contributed by atoms with Crippen LogP contribution in [0, 0.1) is 12.8 Å². The predicted octanol–water partition coefficient (Wildman–Crippen LogP) is 2.43. The Morgan fingerprint density at radius 3 is 2.93 bits per heavy atom. The van der Waals surface area contributed by atoms with Crippen LogP contribution in [0.2, 0.25) is 5.02 Å². The first-order chi connectivity index (χ1) is 7.22. The molecular weight excluding hydrogens is 208 g/mol. The van der Waals surface area contributed by atoms with E-state index < -0.39 is 0 Å². The molecule has 0 radical (unpaired) electrons. The van der Waals surface area contributed by atoms with E-state index in [0.717, 1.165) is 24.7 Å². The van der Waals surface area contributed by atoms with Crippen molar-refractivity contribution in [1.82, 2.24) is 0 Å².